The first-order valence-electron chi connectivity index (χ1n) is 7.13. The lowest BCUT2D eigenvalue weighted by Crippen LogP contribution is -2.45. The molecule has 0 aliphatic carbocycles. The zero-order chi connectivity index (χ0) is 15.5. The van der Waals surface area contributed by atoms with Crippen molar-refractivity contribution in [2.45, 2.75) is 13.3 Å². The Labute approximate surface area is 131 Å². The Morgan fingerprint density at radius 1 is 1.23 bits per heavy atom. The van der Waals surface area contributed by atoms with Crippen molar-refractivity contribution >= 4 is 34.6 Å². The van der Waals surface area contributed by atoms with Crippen LogP contribution in [0.15, 0.2) is 22.8 Å². The number of benzene rings is 1. The molecule has 7 nitrogen and oxygen atoms in total. The molecule has 8 heteroatoms. The second-order valence-corrected chi connectivity index (χ2v) is 6.18. The molecule has 2 amide bonds. The molecule has 0 atom stereocenters. The van der Waals surface area contributed by atoms with Crippen LogP contribution in [0.3, 0.4) is 0 Å². The van der Waals surface area contributed by atoms with E-state index in [9.17, 15) is 9.59 Å². The molecule has 1 aromatic carbocycles. The normalized spacial score (nSPS) is 14.8. The van der Waals surface area contributed by atoms with Crippen molar-refractivity contribution < 1.29 is 14.2 Å². The largest absolute Gasteiger partial charge is 0.272 e. The van der Waals surface area contributed by atoms with E-state index in [1.165, 1.54) is 5.01 Å². The fourth-order valence-electron chi connectivity index (χ4n) is 2.41. The molecule has 0 unspecified atom stereocenters. The second kappa shape index (κ2) is 6.35. The average molecular weight is 320 g/mol. The summed E-state index contributed by atoms with van der Waals surface area (Å²) in [5.74, 6) is 1.05. The summed E-state index contributed by atoms with van der Waals surface area (Å²) >= 11 is 1.56. The number of hydrogen-bond acceptors (Lipinski definition) is 6. The molecule has 1 aliphatic heterocycles. The van der Waals surface area contributed by atoms with Gasteiger partial charge in [-0.15, -0.1) is 0 Å². The summed E-state index contributed by atoms with van der Waals surface area (Å²) < 4.78 is 4.64. The molecule has 0 bridgehead atoms. The molecular formula is C14H16N4O3S. The summed E-state index contributed by atoms with van der Waals surface area (Å²) in [4.78, 5) is 24.8. The topological polar surface area (TPSA) is 79.5 Å². The van der Waals surface area contributed by atoms with Gasteiger partial charge in [-0.05, 0) is 40.7 Å². The van der Waals surface area contributed by atoms with Gasteiger partial charge in [-0.1, -0.05) is 6.92 Å². The molecule has 0 radical (unpaired) electrons. The number of fused-ring (bicyclic) bond motifs is 1. The standard InChI is InChI=1S/C14H16N4O3S/c1-2-22-9-13(19)17-6-3-7-18(17)14(20)10-4-5-11-12(8-10)16-21-15-11/h4-5,8H,2-3,6-7,9H2,1H3. The highest BCUT2D eigenvalue weighted by Gasteiger charge is 2.31. The van der Waals surface area contributed by atoms with E-state index >= 15 is 0 Å². The molecule has 116 valence electrons. The molecule has 2 heterocycles. The van der Waals surface area contributed by atoms with Crippen molar-refractivity contribution in [1.82, 2.24) is 20.3 Å². The fourth-order valence-corrected chi connectivity index (χ4v) is 2.94. The number of hydrogen-bond donors (Lipinski definition) is 0. The molecule has 1 saturated heterocycles. The Morgan fingerprint density at radius 2 is 2.00 bits per heavy atom. The zero-order valence-corrected chi connectivity index (χ0v) is 13.0. The van der Waals surface area contributed by atoms with E-state index < -0.39 is 0 Å². The third-order valence-electron chi connectivity index (χ3n) is 3.48. The second-order valence-electron chi connectivity index (χ2n) is 4.90. The predicted octanol–water partition coefficient (Wildman–Crippen LogP) is 1.57. The highest BCUT2D eigenvalue weighted by Crippen LogP contribution is 2.19. The van der Waals surface area contributed by atoms with Crippen LogP contribution in [0.1, 0.15) is 23.7 Å². The number of nitrogens with zero attached hydrogens (tertiary/aromatic N) is 4. The maximum atomic E-state index is 12.6. The Bertz CT molecular complexity index is 702. The van der Waals surface area contributed by atoms with Gasteiger partial charge in [0, 0.05) is 18.7 Å². The molecule has 22 heavy (non-hydrogen) atoms. The summed E-state index contributed by atoms with van der Waals surface area (Å²) in [6.45, 7) is 3.14. The van der Waals surface area contributed by atoms with Crippen molar-refractivity contribution in [2.24, 2.45) is 0 Å². The Hall–Kier alpha value is -2.09. The van der Waals surface area contributed by atoms with Crippen molar-refractivity contribution in [3.8, 4) is 0 Å². The Balaban J connectivity index is 1.79. The van der Waals surface area contributed by atoms with Crippen LogP contribution in [0.2, 0.25) is 0 Å². The van der Waals surface area contributed by atoms with E-state index in [4.69, 9.17) is 0 Å². The minimum absolute atomic E-state index is 0.0260. The van der Waals surface area contributed by atoms with E-state index in [1.54, 1.807) is 35.0 Å². The van der Waals surface area contributed by atoms with Crippen LogP contribution in [-0.4, -0.2) is 56.7 Å². The van der Waals surface area contributed by atoms with Crippen molar-refractivity contribution in [1.29, 1.82) is 0 Å². The van der Waals surface area contributed by atoms with E-state index in [0.29, 0.717) is 35.4 Å². The number of aromatic nitrogens is 2. The zero-order valence-electron chi connectivity index (χ0n) is 12.2. The van der Waals surface area contributed by atoms with E-state index in [-0.39, 0.29) is 11.8 Å². The van der Waals surface area contributed by atoms with Gasteiger partial charge < -0.3 is 0 Å². The molecule has 2 aromatic rings. The van der Waals surface area contributed by atoms with Gasteiger partial charge in [-0.2, -0.15) is 11.8 Å². The lowest BCUT2D eigenvalue weighted by Gasteiger charge is -2.27. The average Bonchev–Trinajstić information content (AvgIpc) is 3.19. The molecule has 1 fully saturated rings. The van der Waals surface area contributed by atoms with Gasteiger partial charge in [0.15, 0.2) is 0 Å². The number of hydrazine groups is 1. The highest BCUT2D eigenvalue weighted by molar-refractivity contribution is 7.99. The summed E-state index contributed by atoms with van der Waals surface area (Å²) in [7, 11) is 0. The van der Waals surface area contributed by atoms with Gasteiger partial charge in [-0.3, -0.25) is 14.6 Å². The van der Waals surface area contributed by atoms with Gasteiger partial charge in [0.25, 0.3) is 11.8 Å². The SMILES string of the molecule is CCSCC(=O)N1CCCN1C(=O)c1ccc2nonc2c1. The third-order valence-corrected chi connectivity index (χ3v) is 4.34. The highest BCUT2D eigenvalue weighted by atomic mass is 32.2. The van der Waals surface area contributed by atoms with Crippen LogP contribution in [0.4, 0.5) is 0 Å². The van der Waals surface area contributed by atoms with Gasteiger partial charge in [0.05, 0.1) is 5.75 Å². The number of thioether (sulfide) groups is 1. The number of carbonyl (C=O) groups excluding carboxylic acids is 2. The summed E-state index contributed by atoms with van der Waals surface area (Å²) in [6.07, 6.45) is 0.794. The third kappa shape index (κ3) is 2.78. The minimum Gasteiger partial charge on any atom is -0.272 e. The van der Waals surface area contributed by atoms with Crippen molar-refractivity contribution in [2.75, 3.05) is 24.6 Å². The first-order valence-corrected chi connectivity index (χ1v) is 8.28. The lowest BCUT2D eigenvalue weighted by atomic mass is 10.2. The summed E-state index contributed by atoms with van der Waals surface area (Å²) in [6, 6.07) is 5.00. The maximum absolute atomic E-state index is 12.6. The first kappa shape index (κ1) is 14.8. The Morgan fingerprint density at radius 3 is 2.82 bits per heavy atom. The molecular weight excluding hydrogens is 304 g/mol. The maximum Gasteiger partial charge on any atom is 0.272 e. The molecule has 0 saturated carbocycles. The van der Waals surface area contributed by atoms with Gasteiger partial charge >= 0.3 is 0 Å². The molecule has 3 rings (SSSR count). The van der Waals surface area contributed by atoms with Crippen LogP contribution in [0.5, 0.6) is 0 Å². The minimum atomic E-state index is -0.197. The van der Waals surface area contributed by atoms with Crippen LogP contribution < -0.4 is 0 Å². The molecule has 0 spiro atoms. The van der Waals surface area contributed by atoms with Gasteiger partial charge in [0.1, 0.15) is 11.0 Å². The number of carbonyl (C=O) groups is 2. The predicted molar refractivity (Wildman–Crippen MR) is 82.2 cm³/mol. The van der Waals surface area contributed by atoms with Crippen molar-refractivity contribution in [3.63, 3.8) is 0 Å². The van der Waals surface area contributed by atoms with Crippen LogP contribution in [0.25, 0.3) is 11.0 Å². The van der Waals surface area contributed by atoms with Crippen molar-refractivity contribution in [3.05, 3.63) is 23.8 Å². The summed E-state index contributed by atoms with van der Waals surface area (Å²) in [5, 5.41) is 10.5. The first-order chi connectivity index (χ1) is 10.7. The quantitative estimate of drug-likeness (QED) is 0.850. The van der Waals surface area contributed by atoms with Crippen LogP contribution >= 0.6 is 11.8 Å². The number of amides is 2. The smallest absolute Gasteiger partial charge is 0.272 e. The fraction of sp³-hybridized carbons (Fsp3) is 0.429. The van der Waals surface area contributed by atoms with Gasteiger partial charge in [-0.25, -0.2) is 9.64 Å². The van der Waals surface area contributed by atoms with E-state index in [2.05, 4.69) is 14.9 Å². The monoisotopic (exact) mass is 320 g/mol. The number of rotatable bonds is 4. The van der Waals surface area contributed by atoms with E-state index in [0.717, 1.165) is 12.2 Å². The Kier molecular flexibility index (Phi) is 4.28. The van der Waals surface area contributed by atoms with Gasteiger partial charge in [0.2, 0.25) is 0 Å². The van der Waals surface area contributed by atoms with Crippen LogP contribution in [0, 0.1) is 0 Å². The molecule has 0 N–H and O–H groups in total. The molecule has 1 aliphatic rings. The summed E-state index contributed by atoms with van der Waals surface area (Å²) in [5.41, 5.74) is 1.61. The molecule has 1 aromatic heterocycles. The van der Waals surface area contributed by atoms with E-state index in [1.807, 2.05) is 6.92 Å². The lowest BCUT2D eigenvalue weighted by molar-refractivity contribution is -0.137. The van der Waals surface area contributed by atoms with Crippen LogP contribution in [-0.2, 0) is 4.79 Å².